The van der Waals surface area contributed by atoms with Crippen LogP contribution in [0.25, 0.3) is 0 Å². The summed E-state index contributed by atoms with van der Waals surface area (Å²) in [5.74, 6) is -0.810. The summed E-state index contributed by atoms with van der Waals surface area (Å²) in [6.45, 7) is 0.385. The molecule has 1 fully saturated rings. The number of carbonyl (C=O) groups excluding carboxylic acids is 2. The van der Waals surface area contributed by atoms with E-state index in [4.69, 9.17) is 9.47 Å². The predicted molar refractivity (Wildman–Crippen MR) is 90.3 cm³/mol. The number of hydrogen-bond donors (Lipinski definition) is 2. The second-order valence-electron chi connectivity index (χ2n) is 5.53. The van der Waals surface area contributed by atoms with E-state index in [1.807, 2.05) is 0 Å². The third kappa shape index (κ3) is 3.88. The lowest BCUT2D eigenvalue weighted by Gasteiger charge is -2.15. The lowest BCUT2D eigenvalue weighted by Crippen LogP contribution is -2.24. The highest BCUT2D eigenvalue weighted by atomic mass is 19.1. The van der Waals surface area contributed by atoms with Crippen molar-refractivity contribution in [2.45, 2.75) is 12.5 Å². The average Bonchev–Trinajstić information content (AvgIpc) is 3.00. The van der Waals surface area contributed by atoms with Gasteiger partial charge in [0.2, 0.25) is 0 Å². The Morgan fingerprint density at radius 2 is 2.12 bits per heavy atom. The van der Waals surface area contributed by atoms with Crippen LogP contribution >= 0.6 is 0 Å². The summed E-state index contributed by atoms with van der Waals surface area (Å²) in [6.07, 6.45) is 0.579. The second kappa shape index (κ2) is 7.21. The first-order valence-electron chi connectivity index (χ1n) is 7.75. The molecule has 1 heterocycles. The van der Waals surface area contributed by atoms with Crippen LogP contribution in [0.15, 0.2) is 42.5 Å². The molecule has 1 saturated heterocycles. The number of anilines is 2. The Kier molecular flexibility index (Phi) is 4.83. The Bertz CT molecular complexity index is 809. The minimum Gasteiger partial charge on any atom is -0.495 e. The van der Waals surface area contributed by atoms with Gasteiger partial charge in [-0.15, -0.1) is 0 Å². The Balaban J connectivity index is 1.80. The van der Waals surface area contributed by atoms with Crippen molar-refractivity contribution in [2.24, 2.45) is 0 Å². The summed E-state index contributed by atoms with van der Waals surface area (Å²) in [5.41, 5.74) is 1.24. The van der Waals surface area contributed by atoms with Gasteiger partial charge in [-0.2, -0.15) is 0 Å². The molecule has 130 valence electrons. The van der Waals surface area contributed by atoms with E-state index in [1.54, 1.807) is 18.2 Å². The molecule has 1 amide bonds. The van der Waals surface area contributed by atoms with Crippen molar-refractivity contribution in [1.82, 2.24) is 0 Å². The zero-order valence-electron chi connectivity index (χ0n) is 13.5. The number of nitrogens with one attached hydrogen (secondary N) is 2. The monoisotopic (exact) mass is 344 g/mol. The van der Waals surface area contributed by atoms with Gasteiger partial charge in [-0.25, -0.2) is 9.18 Å². The average molecular weight is 344 g/mol. The van der Waals surface area contributed by atoms with E-state index in [-0.39, 0.29) is 11.5 Å². The van der Waals surface area contributed by atoms with Crippen LogP contribution in [0.5, 0.6) is 5.75 Å². The molecule has 2 aromatic rings. The highest BCUT2D eigenvalue weighted by Gasteiger charge is 2.26. The van der Waals surface area contributed by atoms with Crippen molar-refractivity contribution in [3.63, 3.8) is 0 Å². The Labute approximate surface area is 143 Å². The number of amides is 1. The molecule has 2 N–H and O–H groups in total. The van der Waals surface area contributed by atoms with Crippen molar-refractivity contribution < 1.29 is 23.5 Å². The number of carbonyl (C=O) groups is 2. The van der Waals surface area contributed by atoms with Crippen LogP contribution in [0, 0.1) is 5.82 Å². The van der Waals surface area contributed by atoms with Gasteiger partial charge in [0.05, 0.1) is 19.4 Å². The predicted octanol–water partition coefficient (Wildman–Crippen LogP) is 2.81. The molecule has 1 aliphatic rings. The van der Waals surface area contributed by atoms with Crippen molar-refractivity contribution in [1.29, 1.82) is 0 Å². The highest BCUT2D eigenvalue weighted by Crippen LogP contribution is 2.29. The molecular weight excluding hydrogens is 327 g/mol. The minimum absolute atomic E-state index is 0.194. The SMILES string of the molecule is COc1ccc(N[C@@H]2CCOC2=O)cc1NC(=O)c1cccc(F)c1. The van der Waals surface area contributed by atoms with Gasteiger partial charge in [0.1, 0.15) is 17.6 Å². The van der Waals surface area contributed by atoms with Crippen LogP contribution in [0.4, 0.5) is 15.8 Å². The smallest absolute Gasteiger partial charge is 0.328 e. The Morgan fingerprint density at radius 1 is 1.28 bits per heavy atom. The highest BCUT2D eigenvalue weighted by molar-refractivity contribution is 6.05. The maximum Gasteiger partial charge on any atom is 0.328 e. The molecule has 1 atom stereocenters. The van der Waals surface area contributed by atoms with Crippen LogP contribution in [0.1, 0.15) is 16.8 Å². The molecule has 1 aliphatic heterocycles. The van der Waals surface area contributed by atoms with Gasteiger partial charge in [-0.05, 0) is 36.4 Å². The van der Waals surface area contributed by atoms with Crippen molar-refractivity contribution in [2.75, 3.05) is 24.4 Å². The maximum atomic E-state index is 13.3. The van der Waals surface area contributed by atoms with Crippen LogP contribution in [0.2, 0.25) is 0 Å². The normalized spacial score (nSPS) is 16.2. The molecule has 0 bridgehead atoms. The van der Waals surface area contributed by atoms with Gasteiger partial charge in [0, 0.05) is 17.7 Å². The number of hydrogen-bond acceptors (Lipinski definition) is 5. The summed E-state index contributed by atoms with van der Waals surface area (Å²) in [5, 5.41) is 5.76. The Hall–Kier alpha value is -3.09. The number of cyclic esters (lactones) is 1. The van der Waals surface area contributed by atoms with Crippen molar-refractivity contribution >= 4 is 23.3 Å². The number of rotatable bonds is 5. The van der Waals surface area contributed by atoms with Crippen LogP contribution in [-0.2, 0) is 9.53 Å². The zero-order chi connectivity index (χ0) is 17.8. The molecule has 25 heavy (non-hydrogen) atoms. The van der Waals surface area contributed by atoms with Crippen LogP contribution < -0.4 is 15.4 Å². The third-order valence-electron chi connectivity index (χ3n) is 3.81. The fourth-order valence-electron chi connectivity index (χ4n) is 2.55. The number of esters is 1. The largest absolute Gasteiger partial charge is 0.495 e. The quantitative estimate of drug-likeness (QED) is 0.816. The van der Waals surface area contributed by atoms with Crippen molar-refractivity contribution in [3.8, 4) is 5.75 Å². The van der Waals surface area contributed by atoms with E-state index in [1.165, 1.54) is 25.3 Å². The summed E-state index contributed by atoms with van der Waals surface area (Å²) < 4.78 is 23.4. The standard InChI is InChI=1S/C18H17FN2O4/c1-24-16-6-5-13(20-14-7-8-25-18(14)23)10-15(16)21-17(22)11-3-2-4-12(19)9-11/h2-6,9-10,14,20H,7-8H2,1H3,(H,21,22)/t14-/m1/s1. The lowest BCUT2D eigenvalue weighted by atomic mass is 10.1. The number of ether oxygens (including phenoxy) is 2. The number of halogens is 1. The summed E-state index contributed by atoms with van der Waals surface area (Å²) in [6, 6.07) is 10.0. The van der Waals surface area contributed by atoms with Crippen LogP contribution in [0.3, 0.4) is 0 Å². The first kappa shape index (κ1) is 16.8. The molecule has 0 saturated carbocycles. The molecule has 0 unspecified atom stereocenters. The zero-order valence-corrected chi connectivity index (χ0v) is 13.5. The first-order chi connectivity index (χ1) is 12.1. The number of benzene rings is 2. The van der Waals surface area contributed by atoms with E-state index >= 15 is 0 Å². The van der Waals surface area contributed by atoms with Gasteiger partial charge in [-0.1, -0.05) is 6.07 Å². The summed E-state index contributed by atoms with van der Waals surface area (Å²) in [4.78, 5) is 23.9. The van der Waals surface area contributed by atoms with Gasteiger partial charge >= 0.3 is 5.97 Å². The molecule has 3 rings (SSSR count). The minimum atomic E-state index is -0.491. The molecule has 6 nitrogen and oxygen atoms in total. The van der Waals surface area contributed by atoms with E-state index in [9.17, 15) is 14.0 Å². The van der Waals surface area contributed by atoms with Crippen LogP contribution in [-0.4, -0.2) is 31.6 Å². The summed E-state index contributed by atoms with van der Waals surface area (Å²) in [7, 11) is 1.48. The van der Waals surface area contributed by atoms with E-state index in [0.29, 0.717) is 30.2 Å². The van der Waals surface area contributed by atoms with E-state index in [0.717, 1.165) is 6.07 Å². The second-order valence-corrected chi connectivity index (χ2v) is 5.53. The van der Waals surface area contributed by atoms with Gasteiger partial charge in [0.15, 0.2) is 0 Å². The topological polar surface area (TPSA) is 76.7 Å². The molecule has 7 heteroatoms. The molecule has 0 spiro atoms. The molecule has 0 radical (unpaired) electrons. The van der Waals surface area contributed by atoms with Gasteiger partial charge < -0.3 is 20.1 Å². The maximum absolute atomic E-state index is 13.3. The van der Waals surface area contributed by atoms with Gasteiger partial charge in [0.25, 0.3) is 5.91 Å². The molecule has 0 aliphatic carbocycles. The van der Waals surface area contributed by atoms with E-state index in [2.05, 4.69) is 10.6 Å². The van der Waals surface area contributed by atoms with E-state index < -0.39 is 17.8 Å². The number of methoxy groups -OCH3 is 1. The molecule has 2 aromatic carbocycles. The lowest BCUT2D eigenvalue weighted by molar-refractivity contribution is -0.138. The fourth-order valence-corrected chi connectivity index (χ4v) is 2.55. The molecule has 0 aromatic heterocycles. The molecular formula is C18H17FN2O4. The Morgan fingerprint density at radius 3 is 2.80 bits per heavy atom. The summed E-state index contributed by atoms with van der Waals surface area (Å²) >= 11 is 0. The fraction of sp³-hybridized carbons (Fsp3) is 0.222. The third-order valence-corrected chi connectivity index (χ3v) is 3.81. The van der Waals surface area contributed by atoms with Gasteiger partial charge in [-0.3, -0.25) is 4.79 Å². The van der Waals surface area contributed by atoms with Crippen molar-refractivity contribution in [3.05, 3.63) is 53.8 Å². The first-order valence-corrected chi connectivity index (χ1v) is 7.75.